The van der Waals surface area contributed by atoms with Gasteiger partial charge in [0.15, 0.2) is 0 Å². The van der Waals surface area contributed by atoms with E-state index < -0.39 is 5.91 Å². The fraction of sp³-hybridized carbons (Fsp3) is 0.333. The second-order valence-corrected chi connectivity index (χ2v) is 7.10. The Labute approximate surface area is 187 Å². The van der Waals surface area contributed by atoms with Gasteiger partial charge in [0.2, 0.25) is 0 Å². The molecule has 0 aliphatic carbocycles. The predicted octanol–water partition coefficient (Wildman–Crippen LogP) is 3.33. The van der Waals surface area contributed by atoms with Crippen molar-refractivity contribution in [3.63, 3.8) is 0 Å². The number of rotatable bonds is 11. The number of nitrogens with zero attached hydrogens (tertiary/aromatic N) is 1. The molecule has 0 atom stereocenters. The van der Waals surface area contributed by atoms with Gasteiger partial charge in [0.25, 0.3) is 11.8 Å². The van der Waals surface area contributed by atoms with Crippen LogP contribution in [0.1, 0.15) is 18.9 Å². The minimum absolute atomic E-state index is 0.155. The van der Waals surface area contributed by atoms with Crippen molar-refractivity contribution in [2.24, 2.45) is 0 Å². The lowest BCUT2D eigenvalue weighted by molar-refractivity contribution is -0.137. The maximum Gasteiger partial charge on any atom is 0.278 e. The Morgan fingerprint density at radius 2 is 1.50 bits per heavy atom. The minimum Gasteiger partial charge on any atom is -0.497 e. The van der Waals surface area contributed by atoms with E-state index in [1.54, 1.807) is 56.7 Å². The van der Waals surface area contributed by atoms with E-state index in [2.05, 4.69) is 5.32 Å². The Bertz CT molecular complexity index is 978. The molecule has 8 heteroatoms. The maximum atomic E-state index is 13.2. The number of anilines is 1. The van der Waals surface area contributed by atoms with Crippen LogP contribution in [0.4, 0.5) is 5.69 Å². The largest absolute Gasteiger partial charge is 0.497 e. The van der Waals surface area contributed by atoms with Gasteiger partial charge in [0.1, 0.15) is 22.9 Å². The van der Waals surface area contributed by atoms with Crippen molar-refractivity contribution in [1.29, 1.82) is 0 Å². The molecule has 0 bridgehead atoms. The first kappa shape index (κ1) is 23.1. The molecule has 2 aromatic rings. The number of methoxy groups -OCH3 is 3. The molecule has 3 rings (SSSR count). The van der Waals surface area contributed by atoms with Crippen LogP contribution in [0.3, 0.4) is 0 Å². The highest BCUT2D eigenvalue weighted by molar-refractivity contribution is 6.36. The molecule has 1 aliphatic rings. The van der Waals surface area contributed by atoms with Crippen LogP contribution < -0.4 is 19.5 Å². The molecule has 1 heterocycles. The van der Waals surface area contributed by atoms with E-state index >= 15 is 0 Å². The molecule has 32 heavy (non-hydrogen) atoms. The molecular formula is C24H28N2O6. The van der Waals surface area contributed by atoms with Crippen molar-refractivity contribution < 1.29 is 28.5 Å². The van der Waals surface area contributed by atoms with Gasteiger partial charge in [-0.15, -0.1) is 0 Å². The summed E-state index contributed by atoms with van der Waals surface area (Å²) in [7, 11) is 4.61. The minimum atomic E-state index is -0.421. The lowest BCUT2D eigenvalue weighted by Crippen LogP contribution is -2.35. The summed E-state index contributed by atoms with van der Waals surface area (Å²) in [6.45, 7) is 3.04. The zero-order valence-electron chi connectivity index (χ0n) is 18.8. The summed E-state index contributed by atoms with van der Waals surface area (Å²) < 4.78 is 21.3. The highest BCUT2D eigenvalue weighted by atomic mass is 16.5. The molecule has 0 saturated heterocycles. The highest BCUT2D eigenvalue weighted by Gasteiger charge is 2.39. The highest BCUT2D eigenvalue weighted by Crippen LogP contribution is 2.33. The van der Waals surface area contributed by atoms with Crippen molar-refractivity contribution in [3.05, 3.63) is 53.7 Å². The summed E-state index contributed by atoms with van der Waals surface area (Å²) >= 11 is 0. The zero-order chi connectivity index (χ0) is 23.1. The number of hydrogen-bond acceptors (Lipinski definition) is 7. The molecule has 1 aliphatic heterocycles. The third kappa shape index (κ3) is 5.03. The average molecular weight is 440 g/mol. The lowest BCUT2D eigenvalue weighted by Gasteiger charge is -2.15. The number of imide groups is 1. The molecule has 8 nitrogen and oxygen atoms in total. The number of carbonyl (C=O) groups excluding carboxylic acids is 2. The first-order chi connectivity index (χ1) is 15.5. The topological polar surface area (TPSA) is 86.3 Å². The third-order valence-corrected chi connectivity index (χ3v) is 4.92. The Morgan fingerprint density at radius 1 is 0.844 bits per heavy atom. The number of hydrogen-bond donors (Lipinski definition) is 1. The molecule has 0 aromatic heterocycles. The van der Waals surface area contributed by atoms with Crippen LogP contribution in [0.2, 0.25) is 0 Å². The predicted molar refractivity (Wildman–Crippen MR) is 121 cm³/mol. The Balaban J connectivity index is 2.01. The van der Waals surface area contributed by atoms with Gasteiger partial charge >= 0.3 is 0 Å². The Hall–Kier alpha value is -3.52. The lowest BCUT2D eigenvalue weighted by atomic mass is 10.0. The maximum absolute atomic E-state index is 13.2. The summed E-state index contributed by atoms with van der Waals surface area (Å²) in [5.41, 5.74) is 1.65. The van der Waals surface area contributed by atoms with Gasteiger partial charge in [0.05, 0.1) is 39.6 Å². The van der Waals surface area contributed by atoms with Crippen molar-refractivity contribution in [1.82, 2.24) is 4.90 Å². The smallest absolute Gasteiger partial charge is 0.278 e. The van der Waals surface area contributed by atoms with Crippen molar-refractivity contribution in [2.75, 3.05) is 46.4 Å². The van der Waals surface area contributed by atoms with E-state index in [9.17, 15) is 9.59 Å². The van der Waals surface area contributed by atoms with Crippen LogP contribution in [0.15, 0.2) is 48.2 Å². The summed E-state index contributed by atoms with van der Waals surface area (Å²) in [6.07, 6.45) is 0.895. The van der Waals surface area contributed by atoms with Crippen LogP contribution in [-0.4, -0.2) is 57.8 Å². The second kappa shape index (κ2) is 10.7. The van der Waals surface area contributed by atoms with E-state index in [4.69, 9.17) is 18.9 Å². The molecule has 1 N–H and O–H groups in total. The Kier molecular flexibility index (Phi) is 7.72. The molecule has 0 saturated carbocycles. The number of benzene rings is 2. The number of ether oxygens (including phenoxy) is 4. The van der Waals surface area contributed by atoms with Gasteiger partial charge in [0, 0.05) is 31.0 Å². The van der Waals surface area contributed by atoms with Crippen molar-refractivity contribution in [2.45, 2.75) is 13.3 Å². The number of carbonyl (C=O) groups is 2. The first-order valence-corrected chi connectivity index (χ1v) is 10.3. The molecule has 170 valence electrons. The van der Waals surface area contributed by atoms with E-state index in [-0.39, 0.29) is 30.3 Å². The molecule has 0 spiro atoms. The molecule has 2 amide bonds. The van der Waals surface area contributed by atoms with Gasteiger partial charge in [-0.25, -0.2) is 0 Å². The molecular weight excluding hydrogens is 412 g/mol. The molecule has 0 fully saturated rings. The summed E-state index contributed by atoms with van der Waals surface area (Å²) in [6, 6.07) is 12.3. The average Bonchev–Trinajstić information content (AvgIpc) is 3.05. The Morgan fingerprint density at radius 3 is 2.06 bits per heavy atom. The fourth-order valence-corrected chi connectivity index (χ4v) is 3.31. The SMILES string of the molecule is CCCOc1ccc(C2=C(Nc3cc(OC)cc(OC)c3)C(=O)N(CCOC)C2=O)cc1. The van der Waals surface area contributed by atoms with Crippen molar-refractivity contribution >= 4 is 23.1 Å². The van der Waals surface area contributed by atoms with Crippen LogP contribution in [0.5, 0.6) is 17.2 Å². The van der Waals surface area contributed by atoms with Crippen LogP contribution in [0, 0.1) is 0 Å². The second-order valence-electron chi connectivity index (χ2n) is 7.10. The van der Waals surface area contributed by atoms with Gasteiger partial charge in [-0.1, -0.05) is 19.1 Å². The zero-order valence-corrected chi connectivity index (χ0v) is 18.8. The van der Waals surface area contributed by atoms with E-state index in [1.165, 1.54) is 12.0 Å². The summed E-state index contributed by atoms with van der Waals surface area (Å²) in [4.78, 5) is 27.5. The van der Waals surface area contributed by atoms with Gasteiger partial charge < -0.3 is 24.3 Å². The van der Waals surface area contributed by atoms with Crippen molar-refractivity contribution in [3.8, 4) is 17.2 Å². The molecule has 0 unspecified atom stereocenters. The molecule has 0 radical (unpaired) electrons. The normalized spacial score (nSPS) is 13.6. The standard InChI is InChI=1S/C24H28N2O6/c1-5-11-32-18-8-6-16(7-9-18)21-22(24(28)26(23(21)27)10-12-29-2)25-17-13-19(30-3)15-20(14-17)31-4/h6-9,13-15,25H,5,10-12H2,1-4H3. The fourth-order valence-electron chi connectivity index (χ4n) is 3.31. The van der Waals surface area contributed by atoms with Gasteiger partial charge in [-0.2, -0.15) is 0 Å². The van der Waals surface area contributed by atoms with Gasteiger partial charge in [-0.05, 0) is 24.1 Å². The number of amides is 2. The van der Waals surface area contributed by atoms with Crippen LogP contribution in [-0.2, 0) is 14.3 Å². The van der Waals surface area contributed by atoms with E-state index in [0.717, 1.165) is 6.42 Å². The summed E-state index contributed by atoms with van der Waals surface area (Å²) in [5.74, 6) is 1.01. The van der Waals surface area contributed by atoms with E-state index in [0.29, 0.717) is 35.1 Å². The van der Waals surface area contributed by atoms with Gasteiger partial charge in [-0.3, -0.25) is 14.5 Å². The van der Waals surface area contributed by atoms with Crippen LogP contribution in [0.25, 0.3) is 5.57 Å². The molecule has 2 aromatic carbocycles. The summed E-state index contributed by atoms with van der Waals surface area (Å²) in [5, 5.41) is 3.11. The number of nitrogens with one attached hydrogen (secondary N) is 1. The van der Waals surface area contributed by atoms with E-state index in [1.807, 2.05) is 6.92 Å². The first-order valence-electron chi connectivity index (χ1n) is 10.3. The van der Waals surface area contributed by atoms with Crippen LogP contribution >= 0.6 is 0 Å². The third-order valence-electron chi connectivity index (χ3n) is 4.92. The quantitative estimate of drug-likeness (QED) is 0.537. The monoisotopic (exact) mass is 440 g/mol.